The van der Waals surface area contributed by atoms with Gasteiger partial charge in [0.15, 0.2) is 0 Å². The third-order valence-corrected chi connectivity index (χ3v) is 3.24. The molecule has 0 aromatic heterocycles. The van der Waals surface area contributed by atoms with E-state index in [0.29, 0.717) is 0 Å². The number of carboxylic acids is 1. The lowest BCUT2D eigenvalue weighted by Crippen LogP contribution is -2.50. The molecule has 20 heavy (non-hydrogen) atoms. The van der Waals surface area contributed by atoms with Gasteiger partial charge in [0.25, 0.3) is 0 Å². The first-order valence-electron chi connectivity index (χ1n) is 6.96. The van der Waals surface area contributed by atoms with Gasteiger partial charge in [-0.2, -0.15) is 0 Å². The molecule has 1 aliphatic rings. The standard InChI is InChI=1S/C14H24N2O4/c1-9(15-13(20)14(2,3)4)12(19)16(10-5-6-10)8-7-11(17)18/h9-10H,5-8H2,1-4H3,(H,15,20)(H,17,18). The van der Waals surface area contributed by atoms with E-state index in [2.05, 4.69) is 5.32 Å². The van der Waals surface area contributed by atoms with Crippen molar-refractivity contribution in [1.82, 2.24) is 10.2 Å². The highest BCUT2D eigenvalue weighted by atomic mass is 16.4. The summed E-state index contributed by atoms with van der Waals surface area (Å²) in [7, 11) is 0. The topological polar surface area (TPSA) is 86.7 Å². The second-order valence-corrected chi connectivity index (χ2v) is 6.35. The Bertz CT molecular complexity index is 396. The molecule has 0 heterocycles. The fourth-order valence-electron chi connectivity index (χ4n) is 1.80. The van der Waals surface area contributed by atoms with Crippen LogP contribution in [0.15, 0.2) is 0 Å². The maximum atomic E-state index is 12.3. The molecule has 1 rings (SSSR count). The quantitative estimate of drug-likeness (QED) is 0.762. The maximum Gasteiger partial charge on any atom is 0.305 e. The van der Waals surface area contributed by atoms with E-state index in [1.807, 2.05) is 0 Å². The summed E-state index contributed by atoms with van der Waals surface area (Å²) in [4.78, 5) is 36.4. The highest BCUT2D eigenvalue weighted by Crippen LogP contribution is 2.27. The summed E-state index contributed by atoms with van der Waals surface area (Å²) < 4.78 is 0. The molecule has 0 aromatic carbocycles. The molecule has 0 aliphatic heterocycles. The van der Waals surface area contributed by atoms with Crippen molar-refractivity contribution < 1.29 is 19.5 Å². The van der Waals surface area contributed by atoms with E-state index >= 15 is 0 Å². The fraction of sp³-hybridized carbons (Fsp3) is 0.786. The first-order valence-corrected chi connectivity index (χ1v) is 6.96. The normalized spacial score (nSPS) is 16.4. The molecule has 1 aliphatic carbocycles. The largest absolute Gasteiger partial charge is 0.481 e. The van der Waals surface area contributed by atoms with Crippen LogP contribution in [-0.4, -0.2) is 46.4 Å². The van der Waals surface area contributed by atoms with Crippen LogP contribution in [0.25, 0.3) is 0 Å². The number of aliphatic carboxylic acids is 1. The van der Waals surface area contributed by atoms with Crippen molar-refractivity contribution in [1.29, 1.82) is 0 Å². The van der Waals surface area contributed by atoms with Crippen LogP contribution in [0.2, 0.25) is 0 Å². The molecule has 1 unspecified atom stereocenters. The Morgan fingerprint density at radius 3 is 2.25 bits per heavy atom. The van der Waals surface area contributed by atoms with Crippen molar-refractivity contribution in [3.8, 4) is 0 Å². The fourth-order valence-corrected chi connectivity index (χ4v) is 1.80. The molecule has 6 heteroatoms. The molecule has 0 bridgehead atoms. The molecule has 114 valence electrons. The summed E-state index contributed by atoms with van der Waals surface area (Å²) >= 11 is 0. The smallest absolute Gasteiger partial charge is 0.305 e. The Kier molecular flexibility index (Phi) is 5.14. The van der Waals surface area contributed by atoms with Gasteiger partial charge < -0.3 is 15.3 Å². The van der Waals surface area contributed by atoms with Gasteiger partial charge in [-0.1, -0.05) is 20.8 Å². The molecular weight excluding hydrogens is 260 g/mol. The highest BCUT2D eigenvalue weighted by molar-refractivity contribution is 5.89. The lowest BCUT2D eigenvalue weighted by Gasteiger charge is -2.27. The zero-order valence-corrected chi connectivity index (χ0v) is 12.6. The summed E-state index contributed by atoms with van der Waals surface area (Å²) in [6.07, 6.45) is 1.75. The molecule has 0 radical (unpaired) electrons. The Balaban J connectivity index is 2.60. The van der Waals surface area contributed by atoms with Crippen molar-refractivity contribution in [2.24, 2.45) is 5.41 Å². The van der Waals surface area contributed by atoms with Crippen LogP contribution in [0.3, 0.4) is 0 Å². The van der Waals surface area contributed by atoms with Gasteiger partial charge in [0, 0.05) is 18.0 Å². The average molecular weight is 284 g/mol. The van der Waals surface area contributed by atoms with Gasteiger partial charge >= 0.3 is 5.97 Å². The Morgan fingerprint density at radius 2 is 1.85 bits per heavy atom. The van der Waals surface area contributed by atoms with Crippen LogP contribution >= 0.6 is 0 Å². The number of nitrogens with zero attached hydrogens (tertiary/aromatic N) is 1. The van der Waals surface area contributed by atoms with Gasteiger partial charge in [0.2, 0.25) is 11.8 Å². The summed E-state index contributed by atoms with van der Waals surface area (Å²) in [5.41, 5.74) is -0.556. The van der Waals surface area contributed by atoms with Crippen LogP contribution < -0.4 is 5.32 Å². The van der Waals surface area contributed by atoms with Gasteiger partial charge in [-0.15, -0.1) is 0 Å². The van der Waals surface area contributed by atoms with E-state index in [4.69, 9.17) is 5.11 Å². The molecular formula is C14H24N2O4. The predicted octanol–water partition coefficient (Wildman–Crippen LogP) is 1.00. The van der Waals surface area contributed by atoms with Crippen LogP contribution in [-0.2, 0) is 14.4 Å². The molecule has 2 amide bonds. The van der Waals surface area contributed by atoms with Gasteiger partial charge in [-0.05, 0) is 19.8 Å². The Labute approximate surface area is 119 Å². The average Bonchev–Trinajstić information content (AvgIpc) is 3.11. The minimum Gasteiger partial charge on any atom is -0.481 e. The monoisotopic (exact) mass is 284 g/mol. The lowest BCUT2D eigenvalue weighted by atomic mass is 9.95. The lowest BCUT2D eigenvalue weighted by molar-refractivity contribution is -0.141. The van der Waals surface area contributed by atoms with Crippen LogP contribution in [0.4, 0.5) is 0 Å². The number of amides is 2. The van der Waals surface area contributed by atoms with Crippen molar-refractivity contribution >= 4 is 17.8 Å². The summed E-state index contributed by atoms with van der Waals surface area (Å²) in [6, 6.07) is -0.494. The van der Waals surface area contributed by atoms with Gasteiger partial charge in [0.1, 0.15) is 6.04 Å². The first kappa shape index (κ1) is 16.5. The van der Waals surface area contributed by atoms with Crippen molar-refractivity contribution in [2.75, 3.05) is 6.54 Å². The predicted molar refractivity (Wildman–Crippen MR) is 74.0 cm³/mol. The van der Waals surface area contributed by atoms with Gasteiger partial charge in [0.05, 0.1) is 6.42 Å². The maximum absolute atomic E-state index is 12.3. The zero-order valence-electron chi connectivity index (χ0n) is 12.6. The molecule has 2 N–H and O–H groups in total. The number of hydrogen-bond acceptors (Lipinski definition) is 3. The molecule has 0 spiro atoms. The summed E-state index contributed by atoms with van der Waals surface area (Å²) in [5.74, 6) is -1.31. The second-order valence-electron chi connectivity index (χ2n) is 6.35. The van der Waals surface area contributed by atoms with E-state index in [9.17, 15) is 14.4 Å². The minimum absolute atomic E-state index is 0.0673. The number of carboxylic acid groups (broad SMARTS) is 1. The molecule has 1 fully saturated rings. The third kappa shape index (κ3) is 4.83. The number of rotatable bonds is 6. The van der Waals surface area contributed by atoms with Crippen molar-refractivity contribution in [2.45, 2.75) is 59.0 Å². The Morgan fingerprint density at radius 1 is 1.30 bits per heavy atom. The zero-order chi connectivity index (χ0) is 15.5. The Hall–Kier alpha value is -1.59. The van der Waals surface area contributed by atoms with Crippen LogP contribution in [0, 0.1) is 5.41 Å². The van der Waals surface area contributed by atoms with Gasteiger partial charge in [-0.3, -0.25) is 14.4 Å². The van der Waals surface area contributed by atoms with E-state index in [1.165, 1.54) is 0 Å². The van der Waals surface area contributed by atoms with Crippen molar-refractivity contribution in [3.63, 3.8) is 0 Å². The molecule has 1 atom stereocenters. The second kappa shape index (κ2) is 6.24. The van der Waals surface area contributed by atoms with E-state index < -0.39 is 17.4 Å². The van der Waals surface area contributed by atoms with E-state index in [1.54, 1.807) is 32.6 Å². The highest BCUT2D eigenvalue weighted by Gasteiger charge is 2.35. The molecule has 1 saturated carbocycles. The summed E-state index contributed by atoms with van der Waals surface area (Å²) in [5, 5.41) is 11.4. The molecule has 0 aromatic rings. The van der Waals surface area contributed by atoms with Crippen molar-refractivity contribution in [3.05, 3.63) is 0 Å². The number of hydrogen-bond donors (Lipinski definition) is 2. The SMILES string of the molecule is CC(NC(=O)C(C)(C)C)C(=O)N(CCC(=O)O)C1CC1. The number of nitrogens with one attached hydrogen (secondary N) is 1. The summed E-state index contributed by atoms with van der Waals surface area (Å²) in [6.45, 7) is 7.19. The van der Waals surface area contributed by atoms with E-state index in [-0.39, 0.29) is 30.8 Å². The first-order chi connectivity index (χ1) is 9.12. The molecule has 0 saturated heterocycles. The molecule has 6 nitrogen and oxygen atoms in total. The minimum atomic E-state index is -0.921. The van der Waals surface area contributed by atoms with Gasteiger partial charge in [-0.25, -0.2) is 0 Å². The van der Waals surface area contributed by atoms with Crippen LogP contribution in [0.1, 0.15) is 47.0 Å². The number of carbonyl (C=O) groups is 3. The van der Waals surface area contributed by atoms with E-state index in [0.717, 1.165) is 12.8 Å². The van der Waals surface area contributed by atoms with Crippen LogP contribution in [0.5, 0.6) is 0 Å². The number of carbonyl (C=O) groups excluding carboxylic acids is 2. The third-order valence-electron chi connectivity index (χ3n) is 3.24.